The third-order valence-electron chi connectivity index (χ3n) is 7.32. The van der Waals surface area contributed by atoms with Crippen LogP contribution >= 0.6 is 0 Å². The Kier molecular flexibility index (Phi) is 7.50. The molecule has 32 heavy (non-hydrogen) atoms. The van der Waals surface area contributed by atoms with Gasteiger partial charge >= 0.3 is 12.0 Å². The van der Waals surface area contributed by atoms with Gasteiger partial charge in [-0.1, -0.05) is 0 Å². The molecule has 1 spiro atoms. The summed E-state index contributed by atoms with van der Waals surface area (Å²) in [7, 11) is 0. The van der Waals surface area contributed by atoms with Crippen LogP contribution in [0.25, 0.3) is 0 Å². The SMILES string of the molecule is CCOC(=O)COCC1CCN(C(=O)N2CCC3(CC2)CCN(c2ccncc2)C3)CC1. The summed E-state index contributed by atoms with van der Waals surface area (Å²) in [6.45, 7) is 8.15. The lowest BCUT2D eigenvalue weighted by molar-refractivity contribution is -0.149. The van der Waals surface area contributed by atoms with E-state index in [0.29, 0.717) is 24.5 Å². The molecule has 8 nitrogen and oxygen atoms in total. The van der Waals surface area contributed by atoms with Crippen LogP contribution in [0.4, 0.5) is 10.5 Å². The van der Waals surface area contributed by atoms with Crippen LogP contribution in [-0.4, -0.2) is 85.9 Å². The molecule has 0 atom stereocenters. The number of anilines is 1. The van der Waals surface area contributed by atoms with Crippen LogP contribution in [0.1, 0.15) is 39.0 Å². The van der Waals surface area contributed by atoms with E-state index in [1.807, 2.05) is 17.3 Å². The minimum Gasteiger partial charge on any atom is -0.464 e. The van der Waals surface area contributed by atoms with Crippen molar-refractivity contribution in [2.24, 2.45) is 11.3 Å². The molecule has 3 fully saturated rings. The van der Waals surface area contributed by atoms with Crippen LogP contribution in [0.3, 0.4) is 0 Å². The number of aromatic nitrogens is 1. The van der Waals surface area contributed by atoms with Gasteiger partial charge in [0.2, 0.25) is 0 Å². The Labute approximate surface area is 190 Å². The van der Waals surface area contributed by atoms with Crippen LogP contribution in [0.2, 0.25) is 0 Å². The van der Waals surface area contributed by atoms with Gasteiger partial charge in [-0.25, -0.2) is 9.59 Å². The molecule has 0 radical (unpaired) electrons. The van der Waals surface area contributed by atoms with Gasteiger partial charge < -0.3 is 24.2 Å². The first-order valence-electron chi connectivity index (χ1n) is 12.0. The summed E-state index contributed by atoms with van der Waals surface area (Å²) in [5.41, 5.74) is 1.59. The number of nitrogens with zero attached hydrogens (tertiary/aromatic N) is 4. The third kappa shape index (κ3) is 5.52. The molecule has 3 saturated heterocycles. The Morgan fingerprint density at radius 2 is 1.69 bits per heavy atom. The van der Waals surface area contributed by atoms with E-state index < -0.39 is 0 Å². The number of likely N-dealkylation sites (tertiary alicyclic amines) is 2. The summed E-state index contributed by atoms with van der Waals surface area (Å²) < 4.78 is 10.4. The van der Waals surface area contributed by atoms with Gasteiger partial charge in [0.25, 0.3) is 0 Å². The fourth-order valence-corrected chi connectivity index (χ4v) is 5.29. The molecule has 0 N–H and O–H groups in total. The second-order valence-corrected chi connectivity index (χ2v) is 9.40. The predicted octanol–water partition coefficient (Wildman–Crippen LogP) is 2.79. The lowest BCUT2D eigenvalue weighted by Gasteiger charge is -2.42. The molecule has 0 bridgehead atoms. The lowest BCUT2D eigenvalue weighted by atomic mass is 9.78. The fourth-order valence-electron chi connectivity index (χ4n) is 5.29. The van der Waals surface area contributed by atoms with Crippen molar-refractivity contribution < 1.29 is 19.1 Å². The molecule has 2 amide bonds. The molecule has 4 heterocycles. The maximum Gasteiger partial charge on any atom is 0.332 e. The Hall–Kier alpha value is -2.35. The summed E-state index contributed by atoms with van der Waals surface area (Å²) in [5.74, 6) is 0.0879. The number of urea groups is 1. The monoisotopic (exact) mass is 444 g/mol. The number of esters is 1. The molecular weight excluding hydrogens is 408 g/mol. The van der Waals surface area contributed by atoms with Gasteiger partial charge in [-0.2, -0.15) is 0 Å². The molecule has 0 aromatic carbocycles. The Morgan fingerprint density at radius 3 is 2.38 bits per heavy atom. The summed E-state index contributed by atoms with van der Waals surface area (Å²) in [5, 5.41) is 0. The number of piperidine rings is 2. The maximum atomic E-state index is 13.1. The number of carbonyl (C=O) groups is 2. The van der Waals surface area contributed by atoms with Crippen molar-refractivity contribution in [2.45, 2.75) is 39.0 Å². The van der Waals surface area contributed by atoms with Crippen molar-refractivity contribution in [1.29, 1.82) is 0 Å². The first kappa shape index (κ1) is 22.8. The lowest BCUT2D eigenvalue weighted by Crippen LogP contribution is -2.51. The minimum absolute atomic E-state index is 0.0150. The van der Waals surface area contributed by atoms with E-state index in [0.717, 1.165) is 65.0 Å². The molecule has 176 valence electrons. The number of ether oxygens (including phenoxy) is 2. The second kappa shape index (κ2) is 10.5. The topological polar surface area (TPSA) is 75.2 Å². The number of pyridine rings is 1. The Bertz CT molecular complexity index is 759. The molecule has 0 unspecified atom stereocenters. The standard InChI is InChI=1S/C24H36N4O4/c1-2-32-22(29)18-31-17-20-5-12-26(13-6-20)23(30)27-14-7-24(8-15-27)9-16-28(19-24)21-3-10-25-11-4-21/h3-4,10-11,20H,2,5-9,12-19H2,1H3. The molecular formula is C24H36N4O4. The predicted molar refractivity (Wildman–Crippen MR) is 121 cm³/mol. The van der Waals surface area contributed by atoms with Gasteiger partial charge in [-0.3, -0.25) is 4.98 Å². The van der Waals surface area contributed by atoms with Crippen molar-refractivity contribution in [2.75, 3.05) is 64.0 Å². The zero-order valence-electron chi connectivity index (χ0n) is 19.2. The molecule has 1 aromatic rings. The van der Waals surface area contributed by atoms with Crippen molar-refractivity contribution >= 4 is 17.7 Å². The highest BCUT2D eigenvalue weighted by atomic mass is 16.6. The van der Waals surface area contributed by atoms with E-state index >= 15 is 0 Å². The molecule has 0 saturated carbocycles. The molecule has 3 aliphatic rings. The summed E-state index contributed by atoms with van der Waals surface area (Å²) >= 11 is 0. The van der Waals surface area contributed by atoms with Crippen LogP contribution in [0.15, 0.2) is 24.5 Å². The van der Waals surface area contributed by atoms with E-state index in [1.54, 1.807) is 6.92 Å². The number of carbonyl (C=O) groups excluding carboxylic acids is 2. The highest BCUT2D eigenvalue weighted by Crippen LogP contribution is 2.42. The normalized spacial score (nSPS) is 21.2. The summed E-state index contributed by atoms with van der Waals surface area (Å²) in [6, 6.07) is 4.36. The minimum atomic E-state index is -0.311. The second-order valence-electron chi connectivity index (χ2n) is 9.40. The highest BCUT2D eigenvalue weighted by molar-refractivity contribution is 5.74. The number of hydrogen-bond acceptors (Lipinski definition) is 6. The largest absolute Gasteiger partial charge is 0.464 e. The van der Waals surface area contributed by atoms with Gasteiger partial charge in [0, 0.05) is 57.3 Å². The number of rotatable bonds is 6. The number of hydrogen-bond donors (Lipinski definition) is 0. The van der Waals surface area contributed by atoms with Gasteiger partial charge in [-0.15, -0.1) is 0 Å². The zero-order chi connectivity index (χ0) is 22.4. The van der Waals surface area contributed by atoms with Gasteiger partial charge in [0.1, 0.15) is 6.61 Å². The van der Waals surface area contributed by atoms with Crippen LogP contribution in [-0.2, 0) is 14.3 Å². The average molecular weight is 445 g/mol. The maximum absolute atomic E-state index is 13.1. The fraction of sp³-hybridized carbons (Fsp3) is 0.708. The zero-order valence-corrected chi connectivity index (χ0v) is 19.2. The Balaban J connectivity index is 1.17. The molecule has 8 heteroatoms. The van der Waals surface area contributed by atoms with Gasteiger partial charge in [0.15, 0.2) is 0 Å². The van der Waals surface area contributed by atoms with Gasteiger partial charge in [0.05, 0.1) is 13.2 Å². The number of amides is 2. The third-order valence-corrected chi connectivity index (χ3v) is 7.32. The Morgan fingerprint density at radius 1 is 1.03 bits per heavy atom. The van der Waals surface area contributed by atoms with Crippen LogP contribution in [0, 0.1) is 11.3 Å². The van der Waals surface area contributed by atoms with Crippen LogP contribution < -0.4 is 4.90 Å². The van der Waals surface area contributed by atoms with Crippen molar-refractivity contribution in [3.8, 4) is 0 Å². The quantitative estimate of drug-likeness (QED) is 0.628. The van der Waals surface area contributed by atoms with E-state index in [1.165, 1.54) is 12.1 Å². The first-order chi connectivity index (χ1) is 15.6. The van der Waals surface area contributed by atoms with Gasteiger partial charge in [-0.05, 0) is 62.5 Å². The smallest absolute Gasteiger partial charge is 0.332 e. The first-order valence-corrected chi connectivity index (χ1v) is 12.0. The molecule has 3 aliphatic heterocycles. The summed E-state index contributed by atoms with van der Waals surface area (Å²) in [4.78, 5) is 35.1. The van der Waals surface area contributed by atoms with E-state index in [4.69, 9.17) is 9.47 Å². The average Bonchev–Trinajstić information content (AvgIpc) is 3.24. The van der Waals surface area contributed by atoms with Crippen LogP contribution in [0.5, 0.6) is 0 Å². The summed E-state index contributed by atoms with van der Waals surface area (Å²) in [6.07, 6.45) is 8.93. The molecule has 0 aliphatic carbocycles. The van der Waals surface area contributed by atoms with E-state index in [2.05, 4.69) is 26.9 Å². The van der Waals surface area contributed by atoms with Crippen molar-refractivity contribution in [1.82, 2.24) is 14.8 Å². The molecule has 4 rings (SSSR count). The van der Waals surface area contributed by atoms with Crippen molar-refractivity contribution in [3.63, 3.8) is 0 Å². The molecule has 1 aromatic heterocycles. The highest BCUT2D eigenvalue weighted by Gasteiger charge is 2.42. The van der Waals surface area contributed by atoms with Crippen molar-refractivity contribution in [3.05, 3.63) is 24.5 Å². The van der Waals surface area contributed by atoms with E-state index in [-0.39, 0.29) is 18.6 Å². The van der Waals surface area contributed by atoms with E-state index in [9.17, 15) is 9.59 Å².